The average Bonchev–Trinajstić information content (AvgIpc) is 2.01. The van der Waals surface area contributed by atoms with Gasteiger partial charge in [0.15, 0.2) is 5.05 Å². The lowest BCUT2D eigenvalue weighted by molar-refractivity contribution is -0.140. The van der Waals surface area contributed by atoms with E-state index in [0.29, 0.717) is 0 Å². The van der Waals surface area contributed by atoms with Crippen molar-refractivity contribution in [3.63, 3.8) is 0 Å². The Morgan fingerprint density at radius 1 is 1.29 bits per heavy atom. The van der Waals surface area contributed by atoms with Crippen molar-refractivity contribution in [2.45, 2.75) is 18.9 Å². The first-order valence-corrected chi connectivity index (χ1v) is 4.18. The summed E-state index contributed by atoms with van der Waals surface area (Å²) >= 11 is 4.38. The van der Waals surface area contributed by atoms with E-state index in [1.165, 1.54) is 0 Å². The maximum absolute atomic E-state index is 10.3. The highest BCUT2D eigenvalue weighted by molar-refractivity contribution is 7.80. The van der Waals surface area contributed by atoms with Crippen molar-refractivity contribution < 1.29 is 24.9 Å². The molecule has 7 heteroatoms. The normalized spacial score (nSPS) is 14.4. The molecule has 0 saturated heterocycles. The Labute approximate surface area is 85.3 Å². The lowest BCUT2D eigenvalue weighted by Gasteiger charge is -2.14. The number of aliphatic hydroxyl groups excluding tert-OH is 1. The van der Waals surface area contributed by atoms with Gasteiger partial charge < -0.3 is 21.1 Å². The van der Waals surface area contributed by atoms with Crippen LogP contribution >= 0.6 is 12.2 Å². The maximum atomic E-state index is 10.3. The van der Waals surface area contributed by atoms with Crippen molar-refractivity contribution in [2.24, 2.45) is 11.7 Å². The van der Waals surface area contributed by atoms with Gasteiger partial charge in [-0.3, -0.25) is 9.59 Å². The molecule has 0 rings (SSSR count). The number of aliphatic carboxylic acids is 2. The van der Waals surface area contributed by atoms with E-state index < -0.39 is 35.4 Å². The van der Waals surface area contributed by atoms with Gasteiger partial charge in [0.05, 0.1) is 6.42 Å². The van der Waals surface area contributed by atoms with Gasteiger partial charge in [0.25, 0.3) is 0 Å². The molecule has 0 aromatic heterocycles. The quantitative estimate of drug-likeness (QED) is 0.457. The molecule has 0 aliphatic rings. The van der Waals surface area contributed by atoms with Gasteiger partial charge >= 0.3 is 11.9 Å². The van der Waals surface area contributed by atoms with Gasteiger partial charge in [0.1, 0.15) is 6.04 Å². The van der Waals surface area contributed by atoms with Crippen molar-refractivity contribution in [2.75, 3.05) is 0 Å². The third-order valence-electron chi connectivity index (χ3n) is 1.63. The number of aliphatic hydroxyl groups is 1. The Morgan fingerprint density at radius 2 is 1.79 bits per heavy atom. The molecule has 6 nitrogen and oxygen atoms in total. The van der Waals surface area contributed by atoms with E-state index >= 15 is 0 Å². The minimum absolute atomic E-state index is 0.184. The van der Waals surface area contributed by atoms with Gasteiger partial charge in [-0.15, -0.1) is 0 Å². The predicted octanol–water partition coefficient (Wildman–Crippen LogP) is -0.235. The van der Waals surface area contributed by atoms with E-state index in [-0.39, 0.29) is 6.42 Å². The average molecular weight is 221 g/mol. The highest BCUT2D eigenvalue weighted by atomic mass is 32.1. The van der Waals surface area contributed by atoms with Crippen LogP contribution in [0.3, 0.4) is 0 Å². The van der Waals surface area contributed by atoms with Crippen molar-refractivity contribution in [1.29, 1.82) is 0 Å². The van der Waals surface area contributed by atoms with E-state index in [9.17, 15) is 9.59 Å². The van der Waals surface area contributed by atoms with Crippen molar-refractivity contribution in [3.05, 3.63) is 0 Å². The Hall–Kier alpha value is -1.21. The van der Waals surface area contributed by atoms with Crippen molar-refractivity contribution in [1.82, 2.24) is 0 Å². The standard InChI is InChI=1S/C7H11NO5S/c8-4(6(11)12)1-3(7(13)14)2-5(9)10/h3-4H,1-2,8H2,(H,9,10)(H,11,12)(H,13,14). The molecule has 0 aromatic rings. The topological polar surface area (TPSA) is 121 Å². The molecule has 0 heterocycles. The van der Waals surface area contributed by atoms with Crippen LogP contribution in [0.5, 0.6) is 0 Å². The van der Waals surface area contributed by atoms with Crippen LogP contribution in [0.1, 0.15) is 12.8 Å². The minimum Gasteiger partial charge on any atom is -0.502 e. The van der Waals surface area contributed by atoms with Crippen LogP contribution in [0, 0.1) is 5.92 Å². The molecule has 0 amide bonds. The number of rotatable bonds is 6. The van der Waals surface area contributed by atoms with Gasteiger partial charge in [-0.25, -0.2) is 0 Å². The summed E-state index contributed by atoms with van der Waals surface area (Å²) in [5.41, 5.74) is 5.17. The SMILES string of the molecule is NC(CC(CC(=O)O)C(O)=S)C(=O)O. The Morgan fingerprint density at radius 3 is 2.07 bits per heavy atom. The smallest absolute Gasteiger partial charge is 0.320 e. The van der Waals surface area contributed by atoms with E-state index in [1.54, 1.807) is 0 Å². The number of thiocarbonyl (C=S) groups is 1. The van der Waals surface area contributed by atoms with Gasteiger partial charge in [-0.05, 0) is 18.6 Å². The number of hydrogen-bond donors (Lipinski definition) is 4. The second-order valence-corrected chi connectivity index (χ2v) is 3.23. The summed E-state index contributed by atoms with van der Waals surface area (Å²) in [4.78, 5) is 20.7. The first-order valence-electron chi connectivity index (χ1n) is 3.77. The number of hydrogen-bond acceptors (Lipinski definition) is 4. The fourth-order valence-electron chi connectivity index (χ4n) is 0.890. The number of nitrogens with two attached hydrogens (primary N) is 1. The van der Waals surface area contributed by atoms with Crippen molar-refractivity contribution in [3.8, 4) is 0 Å². The summed E-state index contributed by atoms with van der Waals surface area (Å²) in [6, 6.07) is -1.22. The number of carboxylic acids is 2. The van der Waals surface area contributed by atoms with Crippen LogP contribution < -0.4 is 5.73 Å². The molecule has 2 unspecified atom stereocenters. The molecule has 0 radical (unpaired) electrons. The van der Waals surface area contributed by atoms with Gasteiger partial charge in [0, 0.05) is 5.92 Å². The molecule has 0 fully saturated rings. The summed E-state index contributed by atoms with van der Waals surface area (Å²) in [6.45, 7) is 0. The molecule has 0 spiro atoms. The summed E-state index contributed by atoms with van der Waals surface area (Å²) in [5.74, 6) is -3.31. The summed E-state index contributed by atoms with van der Waals surface area (Å²) in [5, 5.41) is 25.3. The first kappa shape index (κ1) is 12.8. The van der Waals surface area contributed by atoms with Crippen molar-refractivity contribution >= 4 is 29.2 Å². The zero-order valence-corrected chi connectivity index (χ0v) is 8.03. The molecule has 5 N–H and O–H groups in total. The lowest BCUT2D eigenvalue weighted by atomic mass is 9.98. The van der Waals surface area contributed by atoms with Crippen LogP contribution in [0.2, 0.25) is 0 Å². The summed E-state index contributed by atoms with van der Waals surface area (Å²) in [6.07, 6.45) is -0.604. The van der Waals surface area contributed by atoms with Crippen LogP contribution in [0.15, 0.2) is 0 Å². The molecule has 0 bridgehead atoms. The minimum atomic E-state index is -1.25. The van der Waals surface area contributed by atoms with E-state index in [2.05, 4.69) is 12.2 Å². The lowest BCUT2D eigenvalue weighted by Crippen LogP contribution is -2.34. The fraction of sp³-hybridized carbons (Fsp3) is 0.571. The van der Waals surface area contributed by atoms with Gasteiger partial charge in [-0.1, -0.05) is 0 Å². The van der Waals surface area contributed by atoms with E-state index in [4.69, 9.17) is 21.1 Å². The second-order valence-electron chi connectivity index (χ2n) is 2.81. The maximum Gasteiger partial charge on any atom is 0.320 e. The number of carbonyl (C=O) groups is 2. The summed E-state index contributed by atoms with van der Waals surface area (Å²) < 4.78 is 0. The molecular formula is C7H11NO5S. The second kappa shape index (κ2) is 5.51. The third kappa shape index (κ3) is 4.73. The zero-order valence-electron chi connectivity index (χ0n) is 7.21. The molecule has 0 aromatic carbocycles. The Kier molecular flexibility index (Phi) is 5.03. The molecule has 0 saturated carbocycles. The molecule has 0 aliphatic carbocycles. The largest absolute Gasteiger partial charge is 0.502 e. The predicted molar refractivity (Wildman–Crippen MR) is 51.2 cm³/mol. The molecular weight excluding hydrogens is 210 g/mol. The fourth-order valence-corrected chi connectivity index (χ4v) is 1.07. The molecule has 2 atom stereocenters. The first-order chi connectivity index (χ1) is 6.34. The monoisotopic (exact) mass is 221 g/mol. The van der Waals surface area contributed by atoms with E-state index in [0.717, 1.165) is 0 Å². The van der Waals surface area contributed by atoms with Crippen LogP contribution in [-0.4, -0.2) is 38.4 Å². The molecule has 14 heavy (non-hydrogen) atoms. The summed E-state index contributed by atoms with van der Waals surface area (Å²) in [7, 11) is 0. The number of carboxylic acid groups (broad SMARTS) is 2. The van der Waals surface area contributed by atoms with E-state index in [1.807, 2.05) is 0 Å². The van der Waals surface area contributed by atoms with Crippen LogP contribution in [-0.2, 0) is 9.59 Å². The van der Waals surface area contributed by atoms with Crippen LogP contribution in [0.4, 0.5) is 0 Å². The Balaban J connectivity index is 4.30. The highest BCUT2D eigenvalue weighted by Crippen LogP contribution is 2.12. The zero-order chi connectivity index (χ0) is 11.3. The Bertz CT molecular complexity index is 254. The van der Waals surface area contributed by atoms with Gasteiger partial charge in [0.2, 0.25) is 0 Å². The molecule has 0 aliphatic heterocycles. The highest BCUT2D eigenvalue weighted by Gasteiger charge is 2.24. The third-order valence-corrected chi connectivity index (χ3v) is 1.96. The van der Waals surface area contributed by atoms with Crippen LogP contribution in [0.25, 0.3) is 0 Å². The molecule has 80 valence electrons. The van der Waals surface area contributed by atoms with Gasteiger partial charge in [-0.2, -0.15) is 0 Å².